The second kappa shape index (κ2) is 7.36. The Labute approximate surface area is 128 Å². The van der Waals surface area contributed by atoms with Gasteiger partial charge in [-0.25, -0.2) is 9.18 Å². The van der Waals surface area contributed by atoms with Crippen molar-refractivity contribution < 1.29 is 18.7 Å². The topological polar surface area (TPSA) is 48.4 Å². The third-order valence-electron chi connectivity index (χ3n) is 2.95. The first-order valence-electron chi connectivity index (χ1n) is 6.78. The molecule has 0 radical (unpaired) electrons. The van der Waals surface area contributed by atoms with Crippen LogP contribution in [0.2, 0.25) is 0 Å². The van der Waals surface area contributed by atoms with Gasteiger partial charge in [0, 0.05) is 23.4 Å². The molecule has 0 bridgehead atoms. The van der Waals surface area contributed by atoms with E-state index in [9.17, 15) is 9.18 Å². The summed E-state index contributed by atoms with van der Waals surface area (Å²) in [5.41, 5.74) is 2.11. The molecule has 0 saturated carbocycles. The van der Waals surface area contributed by atoms with Crippen molar-refractivity contribution in [2.24, 2.45) is 0 Å². The monoisotopic (exact) mass is 301 g/mol. The highest BCUT2D eigenvalue weighted by molar-refractivity contribution is 5.88. The minimum absolute atomic E-state index is 0.315. The Balaban J connectivity index is 2.36. The van der Waals surface area contributed by atoms with Gasteiger partial charge in [-0.3, -0.25) is 4.98 Å². The molecule has 2 rings (SSSR count). The predicted molar refractivity (Wildman–Crippen MR) is 81.9 cm³/mol. The first-order chi connectivity index (χ1) is 10.6. The molecule has 1 aromatic carbocycles. The lowest BCUT2D eigenvalue weighted by Gasteiger charge is -2.08. The van der Waals surface area contributed by atoms with Crippen LogP contribution in [0, 0.1) is 5.82 Å². The molecule has 0 saturated heterocycles. The van der Waals surface area contributed by atoms with Crippen molar-refractivity contribution in [2.45, 2.75) is 6.92 Å². The molecule has 5 heteroatoms. The maximum atomic E-state index is 13.3. The first kappa shape index (κ1) is 15.7. The van der Waals surface area contributed by atoms with E-state index in [4.69, 9.17) is 9.47 Å². The zero-order chi connectivity index (χ0) is 15.9. The average Bonchev–Trinajstić information content (AvgIpc) is 2.53. The molecule has 1 aromatic heterocycles. The molecule has 2 aromatic rings. The zero-order valence-corrected chi connectivity index (χ0v) is 12.4. The summed E-state index contributed by atoms with van der Waals surface area (Å²) in [6.07, 6.45) is 5.65. The van der Waals surface area contributed by atoms with Crippen LogP contribution in [0.5, 0.6) is 5.75 Å². The normalized spacial score (nSPS) is 10.7. The van der Waals surface area contributed by atoms with Crippen molar-refractivity contribution in [3.63, 3.8) is 0 Å². The molecule has 0 aliphatic rings. The van der Waals surface area contributed by atoms with E-state index in [2.05, 4.69) is 4.98 Å². The minimum atomic E-state index is -0.428. The van der Waals surface area contributed by atoms with Crippen LogP contribution in [0.3, 0.4) is 0 Å². The fourth-order valence-corrected chi connectivity index (χ4v) is 1.96. The predicted octanol–water partition coefficient (Wildman–Crippen LogP) is 3.47. The standard InChI is InChI=1S/C17H16FNO3/c1-3-22-17(20)7-5-13-8-12(4-6-16(13)21-2)14-9-15(18)11-19-10-14/h4-11H,3H2,1-2H3/b7-5+. The molecule has 22 heavy (non-hydrogen) atoms. The molecule has 4 nitrogen and oxygen atoms in total. The summed E-state index contributed by atoms with van der Waals surface area (Å²) in [7, 11) is 1.54. The molecule has 1 heterocycles. The molecule has 0 spiro atoms. The van der Waals surface area contributed by atoms with Crippen molar-refractivity contribution in [1.29, 1.82) is 0 Å². The summed E-state index contributed by atoms with van der Waals surface area (Å²) >= 11 is 0. The Morgan fingerprint density at radius 3 is 2.77 bits per heavy atom. The third kappa shape index (κ3) is 3.91. The third-order valence-corrected chi connectivity index (χ3v) is 2.95. The highest BCUT2D eigenvalue weighted by Gasteiger charge is 2.06. The summed E-state index contributed by atoms with van der Waals surface area (Å²) < 4.78 is 23.4. The summed E-state index contributed by atoms with van der Waals surface area (Å²) in [4.78, 5) is 15.2. The van der Waals surface area contributed by atoms with Crippen molar-refractivity contribution >= 4 is 12.0 Å². The average molecular weight is 301 g/mol. The largest absolute Gasteiger partial charge is 0.496 e. The maximum absolute atomic E-state index is 13.3. The van der Waals surface area contributed by atoms with Gasteiger partial charge in [-0.15, -0.1) is 0 Å². The van der Waals surface area contributed by atoms with Crippen LogP contribution >= 0.6 is 0 Å². The SMILES string of the molecule is CCOC(=O)/C=C/c1cc(-c2cncc(F)c2)ccc1OC. The molecule has 0 fully saturated rings. The van der Waals surface area contributed by atoms with Crippen molar-refractivity contribution in [3.8, 4) is 16.9 Å². The van der Waals surface area contributed by atoms with Crippen LogP contribution in [-0.4, -0.2) is 24.7 Å². The van der Waals surface area contributed by atoms with Gasteiger partial charge in [0.2, 0.25) is 0 Å². The van der Waals surface area contributed by atoms with E-state index in [-0.39, 0.29) is 0 Å². The lowest BCUT2D eigenvalue weighted by Crippen LogP contribution is -1.99. The van der Waals surface area contributed by atoms with Crippen molar-refractivity contribution in [1.82, 2.24) is 4.98 Å². The number of carbonyl (C=O) groups excluding carboxylic acids is 1. The molecule has 0 aliphatic heterocycles. The lowest BCUT2D eigenvalue weighted by atomic mass is 10.0. The molecule has 0 aliphatic carbocycles. The summed E-state index contributed by atoms with van der Waals surface area (Å²) in [6, 6.07) is 6.75. The molecule has 0 amide bonds. The molecular formula is C17H16FNO3. The lowest BCUT2D eigenvalue weighted by molar-refractivity contribution is -0.137. The van der Waals surface area contributed by atoms with Gasteiger partial charge >= 0.3 is 5.97 Å². The Morgan fingerprint density at radius 1 is 1.27 bits per heavy atom. The molecular weight excluding hydrogens is 285 g/mol. The first-order valence-corrected chi connectivity index (χ1v) is 6.78. The highest BCUT2D eigenvalue weighted by Crippen LogP contribution is 2.27. The molecule has 0 N–H and O–H groups in total. The number of carbonyl (C=O) groups is 1. The van der Waals surface area contributed by atoms with Gasteiger partial charge in [0.25, 0.3) is 0 Å². The summed E-state index contributed by atoms with van der Waals surface area (Å²) in [5, 5.41) is 0. The maximum Gasteiger partial charge on any atom is 0.330 e. The Hall–Kier alpha value is -2.69. The quantitative estimate of drug-likeness (QED) is 0.626. The van der Waals surface area contributed by atoms with E-state index in [0.29, 0.717) is 23.5 Å². The smallest absolute Gasteiger partial charge is 0.330 e. The van der Waals surface area contributed by atoms with Crippen LogP contribution in [-0.2, 0) is 9.53 Å². The second-order valence-corrected chi connectivity index (χ2v) is 4.43. The fourth-order valence-electron chi connectivity index (χ4n) is 1.96. The number of ether oxygens (including phenoxy) is 2. The second-order valence-electron chi connectivity index (χ2n) is 4.43. The van der Waals surface area contributed by atoms with Gasteiger partial charge in [0.15, 0.2) is 0 Å². The van der Waals surface area contributed by atoms with E-state index >= 15 is 0 Å². The number of pyridine rings is 1. The fraction of sp³-hybridized carbons (Fsp3) is 0.176. The summed E-state index contributed by atoms with van der Waals surface area (Å²) in [6.45, 7) is 2.05. The van der Waals surface area contributed by atoms with E-state index in [1.165, 1.54) is 12.1 Å². The molecule has 0 unspecified atom stereocenters. The van der Waals surface area contributed by atoms with Crippen LogP contribution in [0.25, 0.3) is 17.2 Å². The van der Waals surface area contributed by atoms with E-state index in [1.807, 2.05) is 0 Å². The number of halogens is 1. The van der Waals surface area contributed by atoms with Crippen molar-refractivity contribution in [3.05, 3.63) is 54.1 Å². The number of rotatable bonds is 5. The summed E-state index contributed by atoms with van der Waals surface area (Å²) in [5.74, 6) is -0.229. The number of esters is 1. The van der Waals surface area contributed by atoms with Gasteiger partial charge in [-0.05, 0) is 36.8 Å². The van der Waals surface area contributed by atoms with Crippen molar-refractivity contribution in [2.75, 3.05) is 13.7 Å². The van der Waals surface area contributed by atoms with E-state index < -0.39 is 11.8 Å². The molecule has 0 atom stereocenters. The number of hydrogen-bond donors (Lipinski definition) is 0. The van der Waals surface area contributed by atoms with Gasteiger partial charge in [-0.2, -0.15) is 0 Å². The number of aromatic nitrogens is 1. The Morgan fingerprint density at radius 2 is 2.09 bits per heavy atom. The van der Waals surface area contributed by atoms with Crippen LogP contribution in [0.15, 0.2) is 42.7 Å². The van der Waals surface area contributed by atoms with Gasteiger partial charge in [-0.1, -0.05) is 6.07 Å². The highest BCUT2D eigenvalue weighted by atomic mass is 19.1. The van der Waals surface area contributed by atoms with Crippen LogP contribution in [0.4, 0.5) is 4.39 Å². The number of hydrogen-bond acceptors (Lipinski definition) is 4. The van der Waals surface area contributed by atoms with Gasteiger partial charge in [0.1, 0.15) is 11.6 Å². The van der Waals surface area contributed by atoms with E-state index in [1.54, 1.807) is 44.5 Å². The molecule has 114 valence electrons. The van der Waals surface area contributed by atoms with Gasteiger partial charge < -0.3 is 9.47 Å². The Kier molecular flexibility index (Phi) is 5.25. The number of methoxy groups -OCH3 is 1. The van der Waals surface area contributed by atoms with Crippen LogP contribution in [0.1, 0.15) is 12.5 Å². The number of nitrogens with zero attached hydrogens (tertiary/aromatic N) is 1. The minimum Gasteiger partial charge on any atom is -0.496 e. The number of benzene rings is 1. The van der Waals surface area contributed by atoms with Gasteiger partial charge in [0.05, 0.1) is 19.9 Å². The van der Waals surface area contributed by atoms with Crippen LogP contribution < -0.4 is 4.74 Å². The zero-order valence-electron chi connectivity index (χ0n) is 12.4. The Bertz CT molecular complexity index is 698. The van der Waals surface area contributed by atoms with E-state index in [0.717, 1.165) is 11.8 Å².